The summed E-state index contributed by atoms with van der Waals surface area (Å²) in [6, 6.07) is 0. The van der Waals surface area contributed by atoms with E-state index in [1.54, 1.807) is 0 Å². The Bertz CT molecular complexity index is 293. The third kappa shape index (κ3) is 11.4. The molecule has 0 N–H and O–H groups in total. The molecular weight excluding hydrogens is 304 g/mol. The zero-order valence-electron chi connectivity index (χ0n) is 14.9. The molecule has 0 aromatic carbocycles. The van der Waals surface area contributed by atoms with Crippen molar-refractivity contribution in [1.82, 2.24) is 0 Å². The Hall–Kier alpha value is 0.156. The molecule has 0 bridgehead atoms. The molecule has 0 saturated heterocycles. The number of carboxylic acids is 1. The number of carbonyl (C=O) groups excluding carboxylic acids is 1. The van der Waals surface area contributed by atoms with Crippen molar-refractivity contribution in [3.63, 3.8) is 0 Å². The summed E-state index contributed by atoms with van der Waals surface area (Å²) >= 11 is 0. The first kappa shape index (κ1) is 23.2. The summed E-state index contributed by atoms with van der Waals surface area (Å²) in [5.74, 6) is 1.98. The fourth-order valence-corrected chi connectivity index (χ4v) is 3.60. The van der Waals surface area contributed by atoms with Crippen LogP contribution in [-0.4, -0.2) is 35.6 Å². The first-order valence-electron chi connectivity index (χ1n) is 8.95. The fraction of sp³-hybridized carbons (Fsp3) is 0.944. The van der Waals surface area contributed by atoms with Crippen LogP contribution in [0.1, 0.15) is 78.1 Å². The molecule has 2 rings (SSSR count). The maximum absolute atomic E-state index is 10.2. The quantitative estimate of drug-likeness (QED) is 0.437. The van der Waals surface area contributed by atoms with Gasteiger partial charge in [-0.3, -0.25) is 0 Å². The monoisotopic (exact) mass is 336 g/mol. The van der Waals surface area contributed by atoms with Gasteiger partial charge >= 0.3 is 23.1 Å². The van der Waals surface area contributed by atoms with Crippen molar-refractivity contribution in [2.75, 3.05) is 6.61 Å². The zero-order chi connectivity index (χ0) is 16.4. The van der Waals surface area contributed by atoms with Crippen molar-refractivity contribution in [3.05, 3.63) is 0 Å². The summed E-state index contributed by atoms with van der Waals surface area (Å²) in [6.07, 6.45) is 11.0. The number of aliphatic carboxylic acids is 1. The SMILES string of the molecule is CC1CCC(CC(=O)[O-])CC1.CC1CCC(CCO[O-])CC1.[Mg+2]. The maximum Gasteiger partial charge on any atom is 2.00 e. The molecule has 23 heavy (non-hydrogen) atoms. The topological polar surface area (TPSA) is 72.4 Å². The van der Waals surface area contributed by atoms with Crippen LogP contribution in [0, 0.1) is 23.7 Å². The van der Waals surface area contributed by atoms with Gasteiger partial charge in [-0.25, -0.2) is 0 Å². The van der Waals surface area contributed by atoms with Gasteiger partial charge in [-0.15, -0.1) is 0 Å². The number of carbonyl (C=O) groups is 1. The fourth-order valence-electron chi connectivity index (χ4n) is 3.60. The summed E-state index contributed by atoms with van der Waals surface area (Å²) in [7, 11) is 0. The van der Waals surface area contributed by atoms with Crippen molar-refractivity contribution in [2.24, 2.45) is 23.7 Å². The number of carboxylic acid groups (broad SMARTS) is 1. The van der Waals surface area contributed by atoms with Gasteiger partial charge in [0.05, 0.1) is 0 Å². The van der Waals surface area contributed by atoms with Gasteiger partial charge in [0.15, 0.2) is 0 Å². The molecule has 0 amide bonds. The molecule has 5 heteroatoms. The maximum atomic E-state index is 10.2. The minimum absolute atomic E-state index is 0. The molecule has 2 saturated carbocycles. The summed E-state index contributed by atoms with van der Waals surface area (Å²) < 4.78 is 0. The molecule has 0 aromatic rings. The molecule has 2 aliphatic carbocycles. The van der Waals surface area contributed by atoms with Crippen LogP contribution in [0.15, 0.2) is 0 Å². The minimum Gasteiger partial charge on any atom is -0.723 e. The summed E-state index contributed by atoms with van der Waals surface area (Å²) in [4.78, 5) is 14.1. The Morgan fingerprint density at radius 3 is 1.74 bits per heavy atom. The van der Waals surface area contributed by atoms with Crippen molar-refractivity contribution < 1.29 is 20.0 Å². The molecule has 130 valence electrons. The molecule has 0 heterocycles. The van der Waals surface area contributed by atoms with E-state index in [0.717, 1.165) is 37.0 Å². The van der Waals surface area contributed by atoms with Crippen LogP contribution < -0.4 is 10.4 Å². The van der Waals surface area contributed by atoms with E-state index in [1.165, 1.54) is 38.5 Å². The van der Waals surface area contributed by atoms with Gasteiger partial charge in [-0.2, -0.15) is 0 Å². The van der Waals surface area contributed by atoms with Crippen molar-refractivity contribution in [2.45, 2.75) is 78.1 Å². The van der Waals surface area contributed by atoms with Crippen LogP contribution in [0.3, 0.4) is 0 Å². The van der Waals surface area contributed by atoms with E-state index in [9.17, 15) is 15.2 Å². The largest absolute Gasteiger partial charge is 2.00 e. The number of hydrogen-bond acceptors (Lipinski definition) is 4. The third-order valence-corrected chi connectivity index (χ3v) is 5.34. The van der Waals surface area contributed by atoms with E-state index < -0.39 is 5.97 Å². The molecule has 0 aliphatic heterocycles. The smallest absolute Gasteiger partial charge is 0.723 e. The van der Waals surface area contributed by atoms with E-state index in [0.29, 0.717) is 12.5 Å². The zero-order valence-corrected chi connectivity index (χ0v) is 16.3. The van der Waals surface area contributed by atoms with Crippen molar-refractivity contribution >= 4 is 29.0 Å². The molecule has 2 fully saturated rings. The van der Waals surface area contributed by atoms with Gasteiger partial charge in [-0.05, 0) is 49.4 Å². The molecular formula is C18H32MgO4. The Morgan fingerprint density at radius 1 is 0.913 bits per heavy atom. The normalized spacial score (nSPS) is 30.6. The Morgan fingerprint density at radius 2 is 1.35 bits per heavy atom. The second-order valence-corrected chi connectivity index (χ2v) is 7.44. The average Bonchev–Trinajstić information content (AvgIpc) is 2.49. The molecule has 0 atom stereocenters. The van der Waals surface area contributed by atoms with E-state index in [2.05, 4.69) is 18.7 Å². The number of hydrogen-bond donors (Lipinski definition) is 0. The first-order chi connectivity index (χ1) is 10.5. The van der Waals surface area contributed by atoms with Crippen molar-refractivity contribution in [1.29, 1.82) is 0 Å². The summed E-state index contributed by atoms with van der Waals surface area (Å²) in [5.41, 5.74) is 0. The molecule has 0 unspecified atom stereocenters. The Balaban J connectivity index is 0.000000403. The Labute approximate surface area is 157 Å². The van der Waals surface area contributed by atoms with E-state index in [1.807, 2.05) is 0 Å². The van der Waals surface area contributed by atoms with Gasteiger partial charge < -0.3 is 20.0 Å². The molecule has 0 radical (unpaired) electrons. The van der Waals surface area contributed by atoms with Gasteiger partial charge in [0.2, 0.25) is 0 Å². The van der Waals surface area contributed by atoms with Gasteiger partial charge in [-0.1, -0.05) is 52.4 Å². The van der Waals surface area contributed by atoms with E-state index in [-0.39, 0.29) is 29.5 Å². The molecule has 0 aromatic heterocycles. The van der Waals surface area contributed by atoms with Crippen LogP contribution in [0.2, 0.25) is 0 Å². The van der Waals surface area contributed by atoms with Gasteiger partial charge in [0.25, 0.3) is 0 Å². The van der Waals surface area contributed by atoms with Crippen LogP contribution in [0.4, 0.5) is 0 Å². The van der Waals surface area contributed by atoms with Crippen LogP contribution in [0.25, 0.3) is 0 Å². The van der Waals surface area contributed by atoms with E-state index >= 15 is 0 Å². The third-order valence-electron chi connectivity index (χ3n) is 5.34. The second kappa shape index (κ2) is 13.4. The first-order valence-corrected chi connectivity index (χ1v) is 8.95. The number of rotatable bonds is 5. The molecule has 4 nitrogen and oxygen atoms in total. The van der Waals surface area contributed by atoms with Crippen LogP contribution in [0.5, 0.6) is 0 Å². The van der Waals surface area contributed by atoms with Gasteiger partial charge in [0, 0.05) is 12.6 Å². The summed E-state index contributed by atoms with van der Waals surface area (Å²) in [6.45, 7) is 4.94. The Kier molecular flexibility index (Phi) is 13.5. The molecule has 2 aliphatic rings. The van der Waals surface area contributed by atoms with Crippen LogP contribution >= 0.6 is 0 Å². The average molecular weight is 337 g/mol. The van der Waals surface area contributed by atoms with Crippen LogP contribution in [-0.2, 0) is 9.68 Å². The summed E-state index contributed by atoms with van der Waals surface area (Å²) in [5, 5.41) is 20.0. The van der Waals surface area contributed by atoms with Gasteiger partial charge in [0.1, 0.15) is 0 Å². The van der Waals surface area contributed by atoms with Crippen molar-refractivity contribution in [3.8, 4) is 0 Å². The molecule has 0 spiro atoms. The second-order valence-electron chi connectivity index (χ2n) is 7.44. The predicted octanol–water partition coefficient (Wildman–Crippen LogP) is 2.07. The minimum atomic E-state index is -0.885. The predicted molar refractivity (Wildman–Crippen MR) is 88.2 cm³/mol. The standard InChI is InChI=1S/C9H18O2.C9H16O2.Mg/c1-8-2-4-9(5-3-8)6-7-11-10;1-7-2-4-8(5-3-7)6-9(10)11;/h8-10H,2-7H2,1H3;7-8H,2-6H2,1H3,(H,10,11);/q;;+2/p-2. The van der Waals surface area contributed by atoms with E-state index in [4.69, 9.17) is 0 Å².